The highest BCUT2D eigenvalue weighted by Crippen LogP contribution is 2.46. The molecule has 172 valence electrons. The molecule has 0 fully saturated rings. The lowest BCUT2D eigenvalue weighted by Crippen LogP contribution is -2.45. The van der Waals surface area contributed by atoms with Gasteiger partial charge >= 0.3 is 6.09 Å². The van der Waals surface area contributed by atoms with E-state index in [2.05, 4.69) is 20.0 Å². The van der Waals surface area contributed by atoms with E-state index in [0.717, 1.165) is 4.90 Å². The molecule has 3 aromatic carbocycles. The van der Waals surface area contributed by atoms with Crippen LogP contribution in [0.15, 0.2) is 54.6 Å². The standard InChI is InChI=1S/C23H15Cl2FN4O4/c1-34-22(32)29-21-27-17-7-6-11(8-18(17)28-21)23(33)14-5-3-2-4-13(14)20(31)30(23)12-9-15(24)19(26)16(25)10-12/h2-10,33H,1H3,(H2,27,28,29,32). The Bertz CT molecular complexity index is 1470. The third-order valence-corrected chi connectivity index (χ3v) is 6.13. The van der Waals surface area contributed by atoms with E-state index >= 15 is 0 Å². The van der Waals surface area contributed by atoms with Gasteiger partial charge in [0, 0.05) is 16.7 Å². The molecule has 34 heavy (non-hydrogen) atoms. The Morgan fingerprint density at radius 3 is 2.59 bits per heavy atom. The lowest BCUT2D eigenvalue weighted by atomic mass is 9.93. The van der Waals surface area contributed by atoms with Crippen LogP contribution in [-0.2, 0) is 10.5 Å². The quantitative estimate of drug-likeness (QED) is 0.341. The highest BCUT2D eigenvalue weighted by Gasteiger charge is 2.51. The second-order valence-corrected chi connectivity index (χ2v) is 8.33. The summed E-state index contributed by atoms with van der Waals surface area (Å²) in [5, 5.41) is 13.9. The maximum Gasteiger partial charge on any atom is 0.413 e. The molecule has 8 nitrogen and oxygen atoms in total. The minimum atomic E-state index is -1.98. The number of hydrogen-bond acceptors (Lipinski definition) is 5. The molecule has 1 aliphatic rings. The van der Waals surface area contributed by atoms with Gasteiger partial charge in [0.25, 0.3) is 5.91 Å². The minimum absolute atomic E-state index is 0.109. The number of nitrogens with zero attached hydrogens (tertiary/aromatic N) is 2. The molecule has 1 aliphatic heterocycles. The number of halogens is 3. The number of ether oxygens (including phenoxy) is 1. The molecule has 1 atom stereocenters. The summed E-state index contributed by atoms with van der Waals surface area (Å²) >= 11 is 12.0. The van der Waals surface area contributed by atoms with E-state index < -0.39 is 23.5 Å². The highest BCUT2D eigenvalue weighted by atomic mass is 35.5. The molecule has 0 radical (unpaired) electrons. The lowest BCUT2D eigenvalue weighted by Gasteiger charge is -2.35. The summed E-state index contributed by atoms with van der Waals surface area (Å²) in [4.78, 5) is 33.2. The van der Waals surface area contributed by atoms with Gasteiger partial charge in [-0.25, -0.2) is 14.2 Å². The van der Waals surface area contributed by atoms with Gasteiger partial charge in [-0.05, 0) is 30.3 Å². The predicted octanol–water partition coefficient (Wildman–Crippen LogP) is 5.04. The summed E-state index contributed by atoms with van der Waals surface area (Å²) in [6.07, 6.45) is -0.704. The average Bonchev–Trinajstić information content (AvgIpc) is 3.33. The third-order valence-electron chi connectivity index (χ3n) is 5.58. The lowest BCUT2D eigenvalue weighted by molar-refractivity contribution is 0.0704. The molecular weight excluding hydrogens is 486 g/mol. The van der Waals surface area contributed by atoms with Crippen LogP contribution in [0, 0.1) is 5.82 Å². The van der Waals surface area contributed by atoms with Crippen LogP contribution in [0.4, 0.5) is 20.8 Å². The van der Waals surface area contributed by atoms with Crippen LogP contribution in [0.1, 0.15) is 21.5 Å². The predicted molar refractivity (Wildman–Crippen MR) is 125 cm³/mol. The van der Waals surface area contributed by atoms with E-state index in [-0.39, 0.29) is 27.2 Å². The molecule has 0 bridgehead atoms. The van der Waals surface area contributed by atoms with Gasteiger partial charge in [-0.2, -0.15) is 0 Å². The molecule has 0 aliphatic carbocycles. The number of benzene rings is 3. The maximum atomic E-state index is 14.1. The molecule has 5 rings (SSSR count). The van der Waals surface area contributed by atoms with Crippen LogP contribution in [0.25, 0.3) is 11.0 Å². The highest BCUT2D eigenvalue weighted by molar-refractivity contribution is 6.35. The van der Waals surface area contributed by atoms with Gasteiger partial charge in [-0.15, -0.1) is 0 Å². The Morgan fingerprint density at radius 1 is 1.18 bits per heavy atom. The number of aromatic nitrogens is 2. The Kier molecular flexibility index (Phi) is 5.20. The number of nitrogens with one attached hydrogen (secondary N) is 2. The first-order chi connectivity index (χ1) is 16.2. The van der Waals surface area contributed by atoms with Crippen LogP contribution in [0.3, 0.4) is 0 Å². The Labute approximate surface area is 201 Å². The molecule has 2 amide bonds. The number of carbonyl (C=O) groups excluding carboxylic acids is 2. The Morgan fingerprint density at radius 2 is 1.88 bits per heavy atom. The number of anilines is 2. The Hall–Kier alpha value is -3.66. The van der Waals surface area contributed by atoms with Crippen molar-refractivity contribution < 1.29 is 23.8 Å². The number of hydrogen-bond donors (Lipinski definition) is 3. The fraction of sp³-hybridized carbons (Fsp3) is 0.0870. The van der Waals surface area contributed by atoms with Crippen molar-refractivity contribution >= 4 is 57.9 Å². The van der Waals surface area contributed by atoms with Crippen molar-refractivity contribution in [2.75, 3.05) is 17.3 Å². The van der Waals surface area contributed by atoms with Crippen LogP contribution in [0.2, 0.25) is 10.0 Å². The van der Waals surface area contributed by atoms with Crippen molar-refractivity contribution in [1.29, 1.82) is 0 Å². The number of H-pyrrole nitrogens is 1. The molecule has 0 spiro atoms. The smallest absolute Gasteiger partial charge is 0.413 e. The van der Waals surface area contributed by atoms with Gasteiger partial charge in [-0.3, -0.25) is 15.0 Å². The zero-order valence-electron chi connectivity index (χ0n) is 17.4. The number of rotatable bonds is 3. The van der Waals surface area contributed by atoms with Gasteiger partial charge in [0.1, 0.15) is 0 Å². The van der Waals surface area contributed by atoms with Crippen molar-refractivity contribution in [3.63, 3.8) is 0 Å². The first-order valence-corrected chi connectivity index (χ1v) is 10.7. The third kappa shape index (κ3) is 3.28. The molecule has 3 N–H and O–H groups in total. The largest absolute Gasteiger partial charge is 0.453 e. The van der Waals surface area contributed by atoms with Crippen LogP contribution in [0.5, 0.6) is 0 Å². The SMILES string of the molecule is COC(=O)Nc1nc2ccc(C3(O)c4ccccc4C(=O)N3c3cc(Cl)c(F)c(Cl)c3)cc2[nH]1. The molecule has 1 unspecified atom stereocenters. The van der Waals surface area contributed by atoms with Gasteiger partial charge in [0.05, 0.1) is 33.9 Å². The zero-order valence-corrected chi connectivity index (χ0v) is 18.9. The number of imidazole rings is 1. The number of aliphatic hydroxyl groups is 1. The number of carbonyl (C=O) groups is 2. The average molecular weight is 501 g/mol. The van der Waals surface area contributed by atoms with Crippen LogP contribution in [-0.4, -0.2) is 34.2 Å². The fourth-order valence-electron chi connectivity index (χ4n) is 4.05. The van der Waals surface area contributed by atoms with Gasteiger partial charge in [-0.1, -0.05) is 47.5 Å². The Balaban J connectivity index is 1.70. The summed E-state index contributed by atoms with van der Waals surface area (Å²) in [7, 11) is 1.22. The van der Waals surface area contributed by atoms with Crippen molar-refractivity contribution in [1.82, 2.24) is 9.97 Å². The molecule has 1 aromatic heterocycles. The van der Waals surface area contributed by atoms with Gasteiger partial charge in [0.15, 0.2) is 11.5 Å². The molecule has 0 saturated carbocycles. The van der Waals surface area contributed by atoms with Crippen LogP contribution >= 0.6 is 23.2 Å². The minimum Gasteiger partial charge on any atom is -0.453 e. The zero-order chi connectivity index (χ0) is 24.2. The number of fused-ring (bicyclic) bond motifs is 2. The first kappa shape index (κ1) is 22.1. The van der Waals surface area contributed by atoms with Gasteiger partial charge < -0.3 is 14.8 Å². The summed E-state index contributed by atoms with van der Waals surface area (Å²) in [6, 6.07) is 13.8. The normalized spacial score (nSPS) is 17.2. The van der Waals surface area contributed by atoms with Crippen molar-refractivity contribution in [2.24, 2.45) is 0 Å². The monoisotopic (exact) mass is 500 g/mol. The summed E-state index contributed by atoms with van der Waals surface area (Å²) in [5.41, 5.74) is -0.00310. The molecule has 2 heterocycles. The van der Waals surface area contributed by atoms with E-state index in [4.69, 9.17) is 23.2 Å². The summed E-state index contributed by atoms with van der Waals surface area (Å²) < 4.78 is 18.7. The second kappa shape index (κ2) is 7.98. The molecule has 4 aromatic rings. The first-order valence-electron chi connectivity index (χ1n) is 9.90. The number of amides is 2. The van der Waals surface area contributed by atoms with Crippen molar-refractivity contribution in [2.45, 2.75) is 5.72 Å². The van der Waals surface area contributed by atoms with E-state index in [0.29, 0.717) is 22.2 Å². The second-order valence-electron chi connectivity index (χ2n) is 7.52. The van der Waals surface area contributed by atoms with E-state index in [1.165, 1.54) is 19.2 Å². The molecular formula is C23H15Cl2FN4O4. The summed E-state index contributed by atoms with van der Waals surface area (Å²) in [5.74, 6) is -1.21. The maximum absolute atomic E-state index is 14.1. The van der Waals surface area contributed by atoms with Crippen molar-refractivity contribution in [3.05, 3.63) is 87.2 Å². The topological polar surface area (TPSA) is 108 Å². The van der Waals surface area contributed by atoms with Crippen LogP contribution < -0.4 is 10.2 Å². The van der Waals surface area contributed by atoms with E-state index in [1.807, 2.05) is 0 Å². The fourth-order valence-corrected chi connectivity index (χ4v) is 4.53. The van der Waals surface area contributed by atoms with E-state index in [9.17, 15) is 19.1 Å². The molecule has 11 heteroatoms. The number of methoxy groups -OCH3 is 1. The van der Waals surface area contributed by atoms with E-state index in [1.54, 1.807) is 42.5 Å². The van der Waals surface area contributed by atoms with Gasteiger partial charge in [0.2, 0.25) is 5.95 Å². The summed E-state index contributed by atoms with van der Waals surface area (Å²) in [6.45, 7) is 0. The molecule has 0 saturated heterocycles. The number of aromatic amines is 1. The van der Waals surface area contributed by atoms with Crippen molar-refractivity contribution in [3.8, 4) is 0 Å².